The summed E-state index contributed by atoms with van der Waals surface area (Å²) < 4.78 is 0. The minimum Gasteiger partial charge on any atom is -0.383 e. The van der Waals surface area contributed by atoms with Crippen molar-refractivity contribution in [1.82, 2.24) is 14.7 Å². The van der Waals surface area contributed by atoms with Crippen molar-refractivity contribution in [2.24, 2.45) is 0 Å². The zero-order valence-corrected chi connectivity index (χ0v) is 12.4. The minimum atomic E-state index is -1.19. The van der Waals surface area contributed by atoms with Crippen molar-refractivity contribution >= 4 is 11.8 Å². The highest BCUT2D eigenvalue weighted by Crippen LogP contribution is 2.35. The molecule has 2 aliphatic rings. The summed E-state index contributed by atoms with van der Waals surface area (Å²) in [5.74, 6) is -0.802. The van der Waals surface area contributed by atoms with Crippen molar-refractivity contribution in [1.29, 1.82) is 0 Å². The fourth-order valence-electron chi connectivity index (χ4n) is 2.68. The van der Waals surface area contributed by atoms with Gasteiger partial charge in [0.1, 0.15) is 5.57 Å². The molecule has 0 bridgehead atoms. The van der Waals surface area contributed by atoms with E-state index in [0.29, 0.717) is 0 Å². The molecule has 0 atom stereocenters. The lowest BCUT2D eigenvalue weighted by Gasteiger charge is -2.37. The van der Waals surface area contributed by atoms with E-state index in [1.165, 1.54) is 23.9 Å². The molecule has 6 nitrogen and oxygen atoms in total. The number of amides is 2. The number of hydrogen-bond donors (Lipinski definition) is 1. The van der Waals surface area contributed by atoms with E-state index in [0.717, 1.165) is 30.4 Å². The molecular formula is C14H21N3O3. The maximum Gasteiger partial charge on any atom is 0.262 e. The molecule has 0 aromatic rings. The lowest BCUT2D eigenvalue weighted by Crippen LogP contribution is -2.57. The molecule has 1 saturated heterocycles. The van der Waals surface area contributed by atoms with Crippen molar-refractivity contribution in [3.63, 3.8) is 0 Å². The maximum absolute atomic E-state index is 12.3. The Hall–Kier alpha value is -1.82. The van der Waals surface area contributed by atoms with Gasteiger partial charge in [-0.15, -0.1) is 0 Å². The van der Waals surface area contributed by atoms with Crippen LogP contribution >= 0.6 is 0 Å². The summed E-state index contributed by atoms with van der Waals surface area (Å²) >= 11 is 0. The third kappa shape index (κ3) is 2.31. The second-order valence-corrected chi connectivity index (χ2v) is 5.50. The Kier molecular flexibility index (Phi) is 3.85. The summed E-state index contributed by atoms with van der Waals surface area (Å²) in [6.07, 6.45) is 3.30. The van der Waals surface area contributed by atoms with Crippen LogP contribution in [0.15, 0.2) is 22.9 Å². The predicted octanol–water partition coefficient (Wildman–Crippen LogP) is 0.119. The molecule has 20 heavy (non-hydrogen) atoms. The van der Waals surface area contributed by atoms with Gasteiger partial charge in [0, 0.05) is 34.4 Å². The van der Waals surface area contributed by atoms with Crippen LogP contribution in [0, 0.1) is 0 Å². The Morgan fingerprint density at radius 1 is 1.15 bits per heavy atom. The molecule has 0 aromatic carbocycles. The molecule has 1 saturated carbocycles. The second kappa shape index (κ2) is 5.28. The quantitative estimate of drug-likeness (QED) is 0.547. The lowest BCUT2D eigenvalue weighted by molar-refractivity contribution is -0.167. The van der Waals surface area contributed by atoms with Crippen LogP contribution in [-0.4, -0.2) is 66.2 Å². The van der Waals surface area contributed by atoms with E-state index in [4.69, 9.17) is 0 Å². The molecule has 0 unspecified atom stereocenters. The number of likely N-dealkylation sites (N-methyl/N-ethyl adjacent to an activating group) is 2. The fourth-order valence-corrected chi connectivity index (χ4v) is 2.68. The Labute approximate surface area is 118 Å². The molecule has 110 valence electrons. The van der Waals surface area contributed by atoms with Gasteiger partial charge in [-0.05, 0) is 30.4 Å². The van der Waals surface area contributed by atoms with Crippen molar-refractivity contribution < 1.29 is 14.7 Å². The summed E-state index contributed by atoms with van der Waals surface area (Å²) in [4.78, 5) is 29.0. The third-order valence-corrected chi connectivity index (χ3v) is 3.74. The Bertz CT molecular complexity index is 484. The van der Waals surface area contributed by atoms with Crippen molar-refractivity contribution in [2.45, 2.75) is 25.6 Å². The van der Waals surface area contributed by atoms with Crippen molar-refractivity contribution in [2.75, 3.05) is 28.2 Å². The van der Waals surface area contributed by atoms with E-state index in [2.05, 4.69) is 0 Å². The highest BCUT2D eigenvalue weighted by Gasteiger charge is 2.40. The number of aliphatic hydroxyl groups excluding tert-OH is 1. The van der Waals surface area contributed by atoms with Gasteiger partial charge in [-0.1, -0.05) is 0 Å². The standard InChI is InChI=1S/C14H21N3O3/c1-15(2)8-9-6-5-7-10(9)11-12(18)16(3)14(20)17(4)13(11)19/h8,14,20H,5-7H2,1-4H3/b9-8+,11-10?. The number of carbonyl (C=O) groups is 2. The van der Waals surface area contributed by atoms with Crippen LogP contribution in [0.2, 0.25) is 0 Å². The van der Waals surface area contributed by atoms with E-state index >= 15 is 0 Å². The smallest absolute Gasteiger partial charge is 0.262 e. The fraction of sp³-hybridized carbons (Fsp3) is 0.571. The molecule has 1 heterocycles. The molecule has 6 heteroatoms. The van der Waals surface area contributed by atoms with Crippen molar-refractivity contribution in [3.8, 4) is 0 Å². The van der Waals surface area contributed by atoms with Gasteiger partial charge in [-0.25, -0.2) is 0 Å². The second-order valence-electron chi connectivity index (χ2n) is 5.50. The highest BCUT2D eigenvalue weighted by atomic mass is 16.3. The first kappa shape index (κ1) is 14.6. The topological polar surface area (TPSA) is 64.1 Å². The molecule has 0 radical (unpaired) electrons. The molecule has 0 spiro atoms. The van der Waals surface area contributed by atoms with Crippen LogP contribution in [0.3, 0.4) is 0 Å². The lowest BCUT2D eigenvalue weighted by atomic mass is 9.99. The first-order valence-electron chi connectivity index (χ1n) is 6.67. The van der Waals surface area contributed by atoms with Crippen LogP contribution in [0.1, 0.15) is 19.3 Å². The number of rotatable bonds is 1. The Balaban J connectivity index is 2.50. The average Bonchev–Trinajstić information content (AvgIpc) is 2.82. The maximum atomic E-state index is 12.3. The van der Waals surface area contributed by atoms with E-state index in [9.17, 15) is 14.7 Å². The third-order valence-electron chi connectivity index (χ3n) is 3.74. The van der Waals surface area contributed by atoms with Gasteiger partial charge in [0.2, 0.25) is 6.35 Å². The summed E-state index contributed by atoms with van der Waals surface area (Å²) in [5, 5.41) is 9.82. The molecule has 2 amide bonds. The van der Waals surface area contributed by atoms with Gasteiger partial charge < -0.3 is 10.0 Å². The highest BCUT2D eigenvalue weighted by molar-refractivity contribution is 6.20. The Morgan fingerprint density at radius 3 is 2.20 bits per heavy atom. The van der Waals surface area contributed by atoms with E-state index in [-0.39, 0.29) is 5.57 Å². The molecule has 2 fully saturated rings. The van der Waals surface area contributed by atoms with Crippen LogP contribution < -0.4 is 0 Å². The number of allylic oxidation sites excluding steroid dienone is 2. The number of nitrogens with zero attached hydrogens (tertiary/aromatic N) is 3. The Morgan fingerprint density at radius 2 is 1.70 bits per heavy atom. The summed E-state index contributed by atoms with van der Waals surface area (Å²) in [7, 11) is 6.84. The van der Waals surface area contributed by atoms with Crippen LogP contribution in [0.25, 0.3) is 0 Å². The SMILES string of the molecule is CN(C)/C=C1\CCCC1=C1C(=O)N(C)C(O)N(C)C1=O. The first-order chi connectivity index (χ1) is 9.34. The molecule has 2 rings (SSSR count). The van der Waals surface area contributed by atoms with E-state index < -0.39 is 18.2 Å². The van der Waals surface area contributed by atoms with Gasteiger partial charge in [0.05, 0.1) is 0 Å². The van der Waals surface area contributed by atoms with Gasteiger partial charge >= 0.3 is 0 Å². The molecule has 1 aliphatic carbocycles. The normalized spacial score (nSPS) is 26.1. The largest absolute Gasteiger partial charge is 0.383 e. The van der Waals surface area contributed by atoms with E-state index in [1.54, 1.807) is 0 Å². The average molecular weight is 279 g/mol. The number of carbonyl (C=O) groups excluding carboxylic acids is 2. The van der Waals surface area contributed by atoms with Gasteiger partial charge in [-0.2, -0.15) is 0 Å². The number of hydrogen-bond acceptors (Lipinski definition) is 4. The number of aliphatic hydroxyl groups is 1. The van der Waals surface area contributed by atoms with E-state index in [1.807, 2.05) is 25.2 Å². The van der Waals surface area contributed by atoms with Gasteiger partial charge in [0.25, 0.3) is 11.8 Å². The summed E-state index contributed by atoms with van der Waals surface area (Å²) in [5.41, 5.74) is 2.05. The summed E-state index contributed by atoms with van der Waals surface area (Å²) in [6, 6.07) is 0. The van der Waals surface area contributed by atoms with Gasteiger partial charge in [0.15, 0.2) is 0 Å². The first-order valence-corrected chi connectivity index (χ1v) is 6.67. The molecule has 1 N–H and O–H groups in total. The van der Waals surface area contributed by atoms with Crippen LogP contribution in [-0.2, 0) is 9.59 Å². The zero-order valence-electron chi connectivity index (χ0n) is 12.4. The van der Waals surface area contributed by atoms with Crippen LogP contribution in [0.4, 0.5) is 0 Å². The molecule has 0 aromatic heterocycles. The monoisotopic (exact) mass is 279 g/mol. The predicted molar refractivity (Wildman–Crippen MR) is 74.2 cm³/mol. The van der Waals surface area contributed by atoms with Crippen LogP contribution in [0.5, 0.6) is 0 Å². The summed E-state index contributed by atoms with van der Waals surface area (Å²) in [6.45, 7) is 0. The van der Waals surface area contributed by atoms with Gasteiger partial charge in [-0.3, -0.25) is 19.4 Å². The van der Waals surface area contributed by atoms with Crippen molar-refractivity contribution in [3.05, 3.63) is 22.9 Å². The molecular weight excluding hydrogens is 258 g/mol. The minimum absolute atomic E-state index is 0.200. The molecule has 1 aliphatic heterocycles. The zero-order chi connectivity index (χ0) is 15.0.